The average molecular weight is 440 g/mol. The van der Waals surface area contributed by atoms with E-state index in [0.29, 0.717) is 16.3 Å². The number of carbonyl (C=O) groups excluding carboxylic acids is 2. The summed E-state index contributed by atoms with van der Waals surface area (Å²) in [5.41, 5.74) is -3.51. The van der Waals surface area contributed by atoms with E-state index in [1.807, 2.05) is 0 Å². The molecular formula is C18H12ClF6NO3. The minimum Gasteiger partial charge on any atom is -0.452 e. The second kappa shape index (κ2) is 8.32. The zero-order chi connectivity index (χ0) is 22.0. The molecule has 156 valence electrons. The zero-order valence-corrected chi connectivity index (χ0v) is 15.3. The number of nitrogens with one attached hydrogen (secondary N) is 1. The van der Waals surface area contributed by atoms with Gasteiger partial charge in [-0.3, -0.25) is 4.79 Å². The third kappa shape index (κ3) is 5.86. The number of esters is 1. The topological polar surface area (TPSA) is 55.4 Å². The number of alkyl halides is 6. The normalized spacial score (nSPS) is 11.9. The Balaban J connectivity index is 2.16. The molecule has 2 aromatic rings. The lowest BCUT2D eigenvalue weighted by molar-refractivity contribution is -0.143. The maximum absolute atomic E-state index is 12.8. The van der Waals surface area contributed by atoms with Crippen LogP contribution in [0.2, 0.25) is 5.02 Å². The fraction of sp³-hybridized carbons (Fsp3) is 0.222. The maximum atomic E-state index is 12.8. The summed E-state index contributed by atoms with van der Waals surface area (Å²) in [5.74, 6) is -2.37. The van der Waals surface area contributed by atoms with Gasteiger partial charge < -0.3 is 10.1 Å². The second-order valence-electron chi connectivity index (χ2n) is 5.83. The molecule has 0 fully saturated rings. The smallest absolute Gasteiger partial charge is 0.416 e. The lowest BCUT2D eigenvalue weighted by atomic mass is 10.0. The first-order chi connectivity index (χ1) is 13.3. The first-order valence-electron chi connectivity index (χ1n) is 7.80. The van der Waals surface area contributed by atoms with E-state index in [-0.39, 0.29) is 18.2 Å². The highest BCUT2D eigenvalue weighted by atomic mass is 35.5. The van der Waals surface area contributed by atoms with Crippen molar-refractivity contribution in [3.05, 3.63) is 63.7 Å². The van der Waals surface area contributed by atoms with Crippen LogP contribution >= 0.6 is 11.6 Å². The summed E-state index contributed by atoms with van der Waals surface area (Å²) in [6.45, 7) is 0.674. The largest absolute Gasteiger partial charge is 0.452 e. The standard InChI is InChI=1S/C18H12ClF6NO3/c1-9-13(19)3-2-4-14(9)26-15(27)8-29-16(28)10-5-11(17(20,21)22)7-12(6-10)18(23,24)25/h2-7H,8H2,1H3,(H,26,27). The van der Waals surface area contributed by atoms with Crippen LogP contribution in [-0.2, 0) is 21.9 Å². The lowest BCUT2D eigenvalue weighted by Crippen LogP contribution is -2.22. The Labute approximate surface area is 165 Å². The van der Waals surface area contributed by atoms with Crippen LogP contribution in [0, 0.1) is 6.92 Å². The van der Waals surface area contributed by atoms with Gasteiger partial charge in [0.05, 0.1) is 16.7 Å². The molecule has 0 aliphatic carbocycles. The summed E-state index contributed by atoms with van der Waals surface area (Å²) in [5, 5.41) is 2.72. The van der Waals surface area contributed by atoms with Crippen molar-refractivity contribution in [1.82, 2.24) is 0 Å². The van der Waals surface area contributed by atoms with Crippen LogP contribution in [0.3, 0.4) is 0 Å². The van der Waals surface area contributed by atoms with Crippen LogP contribution < -0.4 is 5.32 Å². The summed E-state index contributed by atoms with van der Waals surface area (Å²) in [4.78, 5) is 23.8. The Bertz CT molecular complexity index is 908. The molecule has 0 bridgehead atoms. The van der Waals surface area contributed by atoms with Crippen molar-refractivity contribution in [3.8, 4) is 0 Å². The minimum absolute atomic E-state index is 0.120. The predicted molar refractivity (Wildman–Crippen MR) is 91.5 cm³/mol. The van der Waals surface area contributed by atoms with E-state index >= 15 is 0 Å². The highest BCUT2D eigenvalue weighted by molar-refractivity contribution is 6.31. The van der Waals surface area contributed by atoms with E-state index in [1.54, 1.807) is 13.0 Å². The third-order valence-corrected chi connectivity index (χ3v) is 4.11. The fourth-order valence-electron chi connectivity index (χ4n) is 2.22. The van der Waals surface area contributed by atoms with Gasteiger partial charge in [0, 0.05) is 10.7 Å². The van der Waals surface area contributed by atoms with E-state index in [0.717, 1.165) is 0 Å². The Morgan fingerprint density at radius 2 is 1.55 bits per heavy atom. The molecule has 0 saturated heterocycles. The van der Waals surface area contributed by atoms with Gasteiger partial charge in [-0.1, -0.05) is 17.7 Å². The minimum atomic E-state index is -5.11. The molecule has 0 aromatic heterocycles. The van der Waals surface area contributed by atoms with Gasteiger partial charge in [-0.15, -0.1) is 0 Å². The molecule has 2 aromatic carbocycles. The Hall–Kier alpha value is -2.75. The van der Waals surface area contributed by atoms with Crippen molar-refractivity contribution in [2.45, 2.75) is 19.3 Å². The summed E-state index contributed by atoms with van der Waals surface area (Å²) >= 11 is 5.89. The van der Waals surface area contributed by atoms with Gasteiger partial charge in [-0.05, 0) is 42.8 Å². The van der Waals surface area contributed by atoms with Crippen molar-refractivity contribution in [3.63, 3.8) is 0 Å². The van der Waals surface area contributed by atoms with E-state index in [4.69, 9.17) is 11.6 Å². The highest BCUT2D eigenvalue weighted by Gasteiger charge is 2.37. The summed E-state index contributed by atoms with van der Waals surface area (Å²) < 4.78 is 81.5. The molecule has 0 atom stereocenters. The van der Waals surface area contributed by atoms with Gasteiger partial charge in [0.15, 0.2) is 6.61 Å². The van der Waals surface area contributed by atoms with Crippen LogP contribution in [-0.4, -0.2) is 18.5 Å². The molecule has 1 N–H and O–H groups in total. The monoisotopic (exact) mass is 439 g/mol. The SMILES string of the molecule is Cc1c(Cl)cccc1NC(=O)COC(=O)c1cc(C(F)(F)F)cc(C(F)(F)F)c1. The van der Waals surface area contributed by atoms with Gasteiger partial charge in [-0.25, -0.2) is 4.79 Å². The predicted octanol–water partition coefficient (Wildman–Crippen LogP) is 5.48. The molecule has 0 aliphatic heterocycles. The second-order valence-corrected chi connectivity index (χ2v) is 6.24. The number of halogens is 7. The van der Waals surface area contributed by atoms with E-state index in [1.165, 1.54) is 12.1 Å². The number of hydrogen-bond acceptors (Lipinski definition) is 3. The van der Waals surface area contributed by atoms with Crippen molar-refractivity contribution in [1.29, 1.82) is 0 Å². The Morgan fingerprint density at radius 1 is 1.00 bits per heavy atom. The van der Waals surface area contributed by atoms with Crippen molar-refractivity contribution >= 4 is 29.2 Å². The first kappa shape index (κ1) is 22.5. The number of amides is 1. The molecular weight excluding hydrogens is 428 g/mol. The molecule has 2 rings (SSSR count). The maximum Gasteiger partial charge on any atom is 0.416 e. The molecule has 4 nitrogen and oxygen atoms in total. The van der Waals surface area contributed by atoms with Crippen molar-refractivity contribution in [2.24, 2.45) is 0 Å². The first-order valence-corrected chi connectivity index (χ1v) is 8.18. The number of carbonyl (C=O) groups is 2. The molecule has 0 radical (unpaired) electrons. The van der Waals surface area contributed by atoms with Crippen LogP contribution in [0.4, 0.5) is 32.0 Å². The molecule has 0 saturated carbocycles. The number of rotatable bonds is 4. The number of benzene rings is 2. The number of ether oxygens (including phenoxy) is 1. The number of hydrogen-bond donors (Lipinski definition) is 1. The van der Waals surface area contributed by atoms with Crippen LogP contribution in [0.15, 0.2) is 36.4 Å². The average Bonchev–Trinajstić information content (AvgIpc) is 2.61. The van der Waals surface area contributed by atoms with Crippen LogP contribution in [0.1, 0.15) is 27.0 Å². The van der Waals surface area contributed by atoms with Crippen molar-refractivity contribution in [2.75, 3.05) is 11.9 Å². The van der Waals surface area contributed by atoms with Crippen LogP contribution in [0.5, 0.6) is 0 Å². The summed E-state index contributed by atoms with van der Waals surface area (Å²) in [6.07, 6.45) is -10.2. The Morgan fingerprint density at radius 3 is 2.07 bits per heavy atom. The molecule has 1 amide bonds. The molecule has 11 heteroatoms. The lowest BCUT2D eigenvalue weighted by Gasteiger charge is -2.14. The Kier molecular flexibility index (Phi) is 6.46. The molecule has 29 heavy (non-hydrogen) atoms. The van der Waals surface area contributed by atoms with Gasteiger partial charge >= 0.3 is 18.3 Å². The van der Waals surface area contributed by atoms with E-state index in [2.05, 4.69) is 10.1 Å². The molecule has 0 aliphatic rings. The summed E-state index contributed by atoms with van der Waals surface area (Å²) in [7, 11) is 0. The third-order valence-electron chi connectivity index (χ3n) is 3.70. The van der Waals surface area contributed by atoms with Crippen molar-refractivity contribution < 1.29 is 40.7 Å². The van der Waals surface area contributed by atoms with E-state index in [9.17, 15) is 35.9 Å². The van der Waals surface area contributed by atoms with E-state index < -0.39 is 47.5 Å². The highest BCUT2D eigenvalue weighted by Crippen LogP contribution is 2.36. The fourth-order valence-corrected chi connectivity index (χ4v) is 2.39. The van der Waals surface area contributed by atoms with Gasteiger partial charge in [-0.2, -0.15) is 26.3 Å². The van der Waals surface area contributed by atoms with Gasteiger partial charge in [0.2, 0.25) is 0 Å². The van der Waals surface area contributed by atoms with Crippen LogP contribution in [0.25, 0.3) is 0 Å². The number of anilines is 1. The zero-order valence-electron chi connectivity index (χ0n) is 14.5. The van der Waals surface area contributed by atoms with Gasteiger partial charge in [0.1, 0.15) is 0 Å². The molecule has 0 heterocycles. The summed E-state index contributed by atoms with van der Waals surface area (Å²) in [6, 6.07) is 4.93. The molecule has 0 unspecified atom stereocenters. The van der Waals surface area contributed by atoms with Gasteiger partial charge in [0.25, 0.3) is 5.91 Å². The quantitative estimate of drug-likeness (QED) is 0.507. The molecule has 0 spiro atoms.